The van der Waals surface area contributed by atoms with Gasteiger partial charge >= 0.3 is 0 Å². The average molecular weight is 391 g/mol. The van der Waals surface area contributed by atoms with Gasteiger partial charge in [0.15, 0.2) is 5.16 Å². The molecule has 136 valence electrons. The predicted octanol–water partition coefficient (Wildman–Crippen LogP) is 3.59. The number of thioether (sulfide) groups is 1. The van der Waals surface area contributed by atoms with E-state index in [9.17, 15) is 14.0 Å². The third-order valence-corrected chi connectivity index (χ3v) is 5.72. The summed E-state index contributed by atoms with van der Waals surface area (Å²) in [4.78, 5) is 29.4. The van der Waals surface area contributed by atoms with Crippen LogP contribution in [0.3, 0.4) is 0 Å². The molecule has 0 aliphatic rings. The predicted molar refractivity (Wildman–Crippen MR) is 104 cm³/mol. The van der Waals surface area contributed by atoms with Gasteiger partial charge in [0.2, 0.25) is 5.91 Å². The van der Waals surface area contributed by atoms with E-state index in [0.29, 0.717) is 15.4 Å². The second-order valence-corrected chi connectivity index (χ2v) is 7.65. The lowest BCUT2D eigenvalue weighted by Crippen LogP contribution is -2.33. The fraction of sp³-hybridized carbons (Fsp3) is 0.278. The molecular weight excluding hydrogens is 373 g/mol. The van der Waals surface area contributed by atoms with Gasteiger partial charge in [-0.25, -0.2) is 9.37 Å². The molecular formula is C18H18FN3O2S2. The highest BCUT2D eigenvalue weighted by atomic mass is 32.2. The second-order valence-electron chi connectivity index (χ2n) is 5.79. The van der Waals surface area contributed by atoms with Crippen LogP contribution in [0.15, 0.2) is 45.7 Å². The van der Waals surface area contributed by atoms with Crippen LogP contribution in [0.4, 0.5) is 4.39 Å². The minimum Gasteiger partial charge on any atom is -0.353 e. The summed E-state index contributed by atoms with van der Waals surface area (Å²) in [5.74, 6) is -0.566. The van der Waals surface area contributed by atoms with Crippen molar-refractivity contribution >= 4 is 39.2 Å². The zero-order valence-electron chi connectivity index (χ0n) is 14.4. The number of carbonyl (C=O) groups excluding carboxylic acids is 1. The van der Waals surface area contributed by atoms with Gasteiger partial charge < -0.3 is 5.32 Å². The fourth-order valence-electron chi connectivity index (χ4n) is 2.38. The van der Waals surface area contributed by atoms with Crippen LogP contribution in [0.25, 0.3) is 15.9 Å². The van der Waals surface area contributed by atoms with Crippen LogP contribution in [0, 0.1) is 5.82 Å². The number of para-hydroxylation sites is 1. The summed E-state index contributed by atoms with van der Waals surface area (Å²) in [7, 11) is 0. The number of hydrogen-bond acceptors (Lipinski definition) is 5. The maximum absolute atomic E-state index is 14.3. The molecule has 5 nitrogen and oxygen atoms in total. The smallest absolute Gasteiger partial charge is 0.276 e. The molecule has 2 aromatic heterocycles. The largest absolute Gasteiger partial charge is 0.353 e. The summed E-state index contributed by atoms with van der Waals surface area (Å²) >= 11 is 2.39. The van der Waals surface area contributed by atoms with E-state index in [1.54, 1.807) is 23.6 Å². The number of hydrogen-bond donors (Lipinski definition) is 1. The van der Waals surface area contributed by atoms with E-state index in [-0.39, 0.29) is 28.9 Å². The summed E-state index contributed by atoms with van der Waals surface area (Å²) in [6.45, 7) is 3.91. The van der Waals surface area contributed by atoms with Crippen molar-refractivity contribution in [3.8, 4) is 5.69 Å². The molecule has 1 aromatic carbocycles. The Bertz CT molecular complexity index is 1000. The molecule has 8 heteroatoms. The van der Waals surface area contributed by atoms with Crippen LogP contribution in [0.5, 0.6) is 0 Å². The lowest BCUT2D eigenvalue weighted by Gasteiger charge is -2.14. The van der Waals surface area contributed by atoms with Crippen LogP contribution in [0.1, 0.15) is 20.3 Å². The van der Waals surface area contributed by atoms with Crippen LogP contribution in [-0.2, 0) is 4.79 Å². The van der Waals surface area contributed by atoms with Crippen LogP contribution in [-0.4, -0.2) is 27.3 Å². The van der Waals surface area contributed by atoms with Gasteiger partial charge in [0.1, 0.15) is 10.5 Å². The van der Waals surface area contributed by atoms with Crippen molar-refractivity contribution < 1.29 is 9.18 Å². The quantitative estimate of drug-likeness (QED) is 0.515. The number of fused-ring (bicyclic) bond motifs is 1. The first-order valence-electron chi connectivity index (χ1n) is 8.18. The van der Waals surface area contributed by atoms with Gasteiger partial charge in [0, 0.05) is 6.04 Å². The highest BCUT2D eigenvalue weighted by molar-refractivity contribution is 7.99. The zero-order valence-corrected chi connectivity index (χ0v) is 16.0. The topological polar surface area (TPSA) is 64.0 Å². The second kappa shape index (κ2) is 8.01. The van der Waals surface area contributed by atoms with E-state index in [2.05, 4.69) is 10.3 Å². The summed E-state index contributed by atoms with van der Waals surface area (Å²) in [5.41, 5.74) is 0.350. The van der Waals surface area contributed by atoms with Gasteiger partial charge in [-0.3, -0.25) is 14.2 Å². The molecule has 0 radical (unpaired) electrons. The molecule has 3 aromatic rings. The normalized spacial score (nSPS) is 12.3. The zero-order chi connectivity index (χ0) is 18.7. The Morgan fingerprint density at radius 2 is 2.15 bits per heavy atom. The van der Waals surface area contributed by atoms with Gasteiger partial charge in [0.25, 0.3) is 5.56 Å². The Labute approximate surface area is 158 Å². The first-order valence-corrected chi connectivity index (χ1v) is 10.0. The molecule has 2 heterocycles. The molecule has 0 aliphatic heterocycles. The molecule has 26 heavy (non-hydrogen) atoms. The SMILES string of the molecule is CC[C@H](C)NC(=O)CSc1nc2ccsc2c(=O)n1-c1ccccc1F. The number of halogens is 1. The number of rotatable bonds is 6. The summed E-state index contributed by atoms with van der Waals surface area (Å²) < 4.78 is 16.0. The van der Waals surface area contributed by atoms with Gasteiger partial charge in [-0.2, -0.15) is 0 Å². The maximum Gasteiger partial charge on any atom is 0.276 e. The number of carbonyl (C=O) groups is 1. The van der Waals surface area contributed by atoms with Crippen molar-refractivity contribution in [3.63, 3.8) is 0 Å². The van der Waals surface area contributed by atoms with Crippen molar-refractivity contribution in [3.05, 3.63) is 51.9 Å². The lowest BCUT2D eigenvalue weighted by molar-refractivity contribution is -0.119. The highest BCUT2D eigenvalue weighted by Crippen LogP contribution is 2.24. The van der Waals surface area contributed by atoms with Gasteiger partial charge in [0.05, 0.1) is 17.0 Å². The van der Waals surface area contributed by atoms with Gasteiger partial charge in [-0.1, -0.05) is 30.8 Å². The number of amides is 1. The minimum absolute atomic E-state index is 0.0733. The van der Waals surface area contributed by atoms with E-state index in [0.717, 1.165) is 18.2 Å². The highest BCUT2D eigenvalue weighted by Gasteiger charge is 2.18. The van der Waals surface area contributed by atoms with Gasteiger partial charge in [-0.05, 0) is 36.9 Å². The maximum atomic E-state index is 14.3. The van der Waals surface area contributed by atoms with E-state index in [1.807, 2.05) is 13.8 Å². The molecule has 0 unspecified atom stereocenters. The number of nitrogens with zero attached hydrogens (tertiary/aromatic N) is 2. The van der Waals surface area contributed by atoms with E-state index in [4.69, 9.17) is 0 Å². The molecule has 1 atom stereocenters. The van der Waals surface area contributed by atoms with Crippen LogP contribution in [0.2, 0.25) is 0 Å². The Morgan fingerprint density at radius 3 is 2.88 bits per heavy atom. The average Bonchev–Trinajstić information content (AvgIpc) is 3.10. The third kappa shape index (κ3) is 3.81. The van der Waals surface area contributed by atoms with Crippen molar-refractivity contribution in [1.29, 1.82) is 0 Å². The minimum atomic E-state index is -0.516. The Morgan fingerprint density at radius 1 is 1.38 bits per heavy atom. The van der Waals surface area contributed by atoms with Crippen molar-refractivity contribution in [2.24, 2.45) is 0 Å². The summed E-state index contributed by atoms with van der Waals surface area (Å²) in [5, 5.41) is 4.94. The van der Waals surface area contributed by atoms with Crippen molar-refractivity contribution in [2.45, 2.75) is 31.5 Å². The fourth-order valence-corrected chi connectivity index (χ4v) is 3.96. The summed E-state index contributed by atoms with van der Waals surface area (Å²) in [6, 6.07) is 7.87. The number of benzene rings is 1. The number of thiophene rings is 1. The lowest BCUT2D eigenvalue weighted by atomic mass is 10.3. The monoisotopic (exact) mass is 391 g/mol. The van der Waals surface area contributed by atoms with E-state index >= 15 is 0 Å². The van der Waals surface area contributed by atoms with Crippen molar-refractivity contribution in [1.82, 2.24) is 14.9 Å². The van der Waals surface area contributed by atoms with Gasteiger partial charge in [-0.15, -0.1) is 11.3 Å². The van der Waals surface area contributed by atoms with Crippen LogP contribution >= 0.6 is 23.1 Å². The molecule has 0 saturated heterocycles. The molecule has 1 amide bonds. The molecule has 0 fully saturated rings. The number of aromatic nitrogens is 2. The Hall–Kier alpha value is -2.19. The third-order valence-electron chi connectivity index (χ3n) is 3.89. The molecule has 0 bridgehead atoms. The molecule has 0 spiro atoms. The van der Waals surface area contributed by atoms with E-state index in [1.165, 1.54) is 28.0 Å². The molecule has 0 aliphatic carbocycles. The van der Waals surface area contributed by atoms with Crippen molar-refractivity contribution in [2.75, 3.05) is 5.75 Å². The van der Waals surface area contributed by atoms with Crippen LogP contribution < -0.4 is 10.9 Å². The Balaban J connectivity index is 2.01. The molecule has 1 N–H and O–H groups in total. The number of nitrogens with one attached hydrogen (secondary N) is 1. The standard InChI is InChI=1S/C18H18FN3O2S2/c1-3-11(2)20-15(23)10-26-18-21-13-8-9-25-16(13)17(24)22(18)14-7-5-4-6-12(14)19/h4-9,11H,3,10H2,1-2H3,(H,20,23)/t11-/m0/s1. The molecule has 3 rings (SSSR count). The first kappa shape index (κ1) is 18.6. The van der Waals surface area contributed by atoms with E-state index < -0.39 is 5.82 Å². The Kier molecular flexibility index (Phi) is 5.73. The molecule has 0 saturated carbocycles. The summed E-state index contributed by atoms with van der Waals surface area (Å²) in [6.07, 6.45) is 0.829. The first-order chi connectivity index (χ1) is 12.5.